The number of nitrogens with zero attached hydrogens (tertiary/aromatic N) is 2. The van der Waals surface area contributed by atoms with Gasteiger partial charge in [0.25, 0.3) is 0 Å². The molecule has 0 radical (unpaired) electrons. The van der Waals surface area contributed by atoms with Crippen LogP contribution in [0.1, 0.15) is 51.5 Å². The third-order valence-electron chi connectivity index (χ3n) is 5.15. The number of likely N-dealkylation sites (tertiary alicyclic amines) is 1. The summed E-state index contributed by atoms with van der Waals surface area (Å²) in [6.07, 6.45) is 4.45. The maximum Gasteiger partial charge on any atom is 0.305 e. The molecule has 0 saturated carbocycles. The van der Waals surface area contributed by atoms with Crippen LogP contribution in [0.4, 0.5) is 0 Å². The minimum Gasteiger partial charge on any atom is -0.469 e. The lowest BCUT2D eigenvalue weighted by Gasteiger charge is -2.21. The molecule has 164 valence electrons. The number of nitrogens with one attached hydrogen (secondary N) is 2. The smallest absolute Gasteiger partial charge is 0.305 e. The van der Waals surface area contributed by atoms with Crippen LogP contribution < -0.4 is 10.6 Å². The third kappa shape index (κ3) is 9.80. The summed E-state index contributed by atoms with van der Waals surface area (Å²) in [6.45, 7) is 8.03. The average molecular weight is 516 g/mol. The van der Waals surface area contributed by atoms with Crippen LogP contribution in [0.2, 0.25) is 0 Å². The largest absolute Gasteiger partial charge is 0.469 e. The Morgan fingerprint density at radius 2 is 2.00 bits per heavy atom. The molecule has 2 rings (SSSR count). The van der Waals surface area contributed by atoms with E-state index >= 15 is 0 Å². The van der Waals surface area contributed by atoms with Gasteiger partial charge in [0.15, 0.2) is 5.96 Å². The Kier molecular flexibility index (Phi) is 12.9. The number of ether oxygens (including phenoxy) is 1. The lowest BCUT2D eigenvalue weighted by molar-refractivity contribution is -0.140. The van der Waals surface area contributed by atoms with E-state index in [-0.39, 0.29) is 29.9 Å². The summed E-state index contributed by atoms with van der Waals surface area (Å²) in [6, 6.07) is 11.6. The van der Waals surface area contributed by atoms with E-state index in [0.29, 0.717) is 18.5 Å². The van der Waals surface area contributed by atoms with Crippen LogP contribution in [0.25, 0.3) is 0 Å². The molecule has 0 aliphatic carbocycles. The number of methoxy groups -OCH3 is 1. The van der Waals surface area contributed by atoms with Gasteiger partial charge >= 0.3 is 5.97 Å². The maximum atomic E-state index is 11.1. The highest BCUT2D eigenvalue weighted by Crippen LogP contribution is 2.20. The van der Waals surface area contributed by atoms with Crippen LogP contribution >= 0.6 is 24.0 Å². The van der Waals surface area contributed by atoms with E-state index in [2.05, 4.69) is 64.4 Å². The van der Waals surface area contributed by atoms with Crippen LogP contribution in [0.3, 0.4) is 0 Å². The molecule has 1 aliphatic heterocycles. The van der Waals surface area contributed by atoms with E-state index in [1.165, 1.54) is 12.7 Å². The quantitative estimate of drug-likeness (QED) is 0.164. The van der Waals surface area contributed by atoms with E-state index in [4.69, 9.17) is 4.99 Å². The highest BCUT2D eigenvalue weighted by atomic mass is 127. The SMILES string of the molecule is CCNC(=NCCCCCC(=O)OC)NC1CC(C)N(Cc2ccccc2)C1.I. The second-order valence-corrected chi connectivity index (χ2v) is 7.49. The van der Waals surface area contributed by atoms with Crippen LogP contribution in [0.15, 0.2) is 35.3 Å². The van der Waals surface area contributed by atoms with E-state index in [1.54, 1.807) is 0 Å². The van der Waals surface area contributed by atoms with Gasteiger partial charge in [-0.2, -0.15) is 0 Å². The van der Waals surface area contributed by atoms with Gasteiger partial charge in [-0.1, -0.05) is 36.8 Å². The van der Waals surface area contributed by atoms with Crippen molar-refractivity contribution in [2.75, 3.05) is 26.7 Å². The predicted octanol–water partition coefficient (Wildman–Crippen LogP) is 3.56. The summed E-state index contributed by atoms with van der Waals surface area (Å²) in [4.78, 5) is 18.4. The van der Waals surface area contributed by atoms with Crippen molar-refractivity contribution in [2.24, 2.45) is 4.99 Å². The fourth-order valence-electron chi connectivity index (χ4n) is 3.61. The Hall–Kier alpha value is -1.35. The molecule has 1 aliphatic rings. The van der Waals surface area contributed by atoms with Gasteiger partial charge in [-0.3, -0.25) is 14.7 Å². The van der Waals surface area contributed by atoms with E-state index < -0.39 is 0 Å². The number of carbonyl (C=O) groups excluding carboxylic acids is 1. The lowest BCUT2D eigenvalue weighted by Crippen LogP contribution is -2.44. The van der Waals surface area contributed by atoms with Gasteiger partial charge in [0, 0.05) is 44.7 Å². The normalized spacial score (nSPS) is 19.5. The van der Waals surface area contributed by atoms with Gasteiger partial charge in [0.2, 0.25) is 0 Å². The van der Waals surface area contributed by atoms with Crippen molar-refractivity contribution in [3.63, 3.8) is 0 Å². The predicted molar refractivity (Wildman–Crippen MR) is 130 cm³/mol. The Labute approximate surface area is 192 Å². The van der Waals surface area contributed by atoms with Crippen LogP contribution in [-0.4, -0.2) is 55.7 Å². The topological polar surface area (TPSA) is 66.0 Å². The molecule has 29 heavy (non-hydrogen) atoms. The molecule has 0 aromatic heterocycles. The molecule has 1 heterocycles. The summed E-state index contributed by atoms with van der Waals surface area (Å²) in [5.74, 6) is 0.767. The number of hydrogen-bond donors (Lipinski definition) is 2. The monoisotopic (exact) mass is 516 g/mol. The number of guanidine groups is 1. The molecule has 1 fully saturated rings. The van der Waals surface area contributed by atoms with E-state index in [9.17, 15) is 4.79 Å². The molecule has 0 amide bonds. The van der Waals surface area contributed by atoms with Crippen LogP contribution in [0.5, 0.6) is 0 Å². The molecule has 2 N–H and O–H groups in total. The lowest BCUT2D eigenvalue weighted by atomic mass is 10.2. The minimum absolute atomic E-state index is 0. The van der Waals surface area contributed by atoms with Crippen molar-refractivity contribution in [1.29, 1.82) is 0 Å². The van der Waals surface area contributed by atoms with Gasteiger partial charge < -0.3 is 15.4 Å². The average Bonchev–Trinajstić information content (AvgIpc) is 3.03. The molecular weight excluding hydrogens is 479 g/mol. The van der Waals surface area contributed by atoms with Crippen LogP contribution in [0, 0.1) is 0 Å². The Morgan fingerprint density at radius 1 is 1.24 bits per heavy atom. The molecular formula is C22H37IN4O2. The molecule has 1 aromatic carbocycles. The zero-order valence-corrected chi connectivity index (χ0v) is 20.4. The van der Waals surface area contributed by atoms with Gasteiger partial charge in [-0.15, -0.1) is 24.0 Å². The second-order valence-electron chi connectivity index (χ2n) is 7.49. The van der Waals surface area contributed by atoms with E-state index in [1.807, 2.05) is 0 Å². The number of benzene rings is 1. The van der Waals surface area contributed by atoms with E-state index in [0.717, 1.165) is 57.8 Å². The number of halogens is 1. The molecule has 0 bridgehead atoms. The number of hydrogen-bond acceptors (Lipinski definition) is 4. The highest BCUT2D eigenvalue weighted by Gasteiger charge is 2.29. The van der Waals surface area contributed by atoms with Gasteiger partial charge in [-0.05, 0) is 38.7 Å². The summed E-state index contributed by atoms with van der Waals surface area (Å²) in [5.41, 5.74) is 1.36. The molecule has 7 heteroatoms. The molecule has 6 nitrogen and oxygen atoms in total. The van der Waals surface area contributed by atoms with Crippen LogP contribution in [-0.2, 0) is 16.1 Å². The first-order valence-corrected chi connectivity index (χ1v) is 10.5. The number of esters is 1. The summed E-state index contributed by atoms with van der Waals surface area (Å²) < 4.78 is 4.67. The number of carbonyl (C=O) groups is 1. The first-order chi connectivity index (χ1) is 13.6. The fraction of sp³-hybridized carbons (Fsp3) is 0.636. The molecule has 1 saturated heterocycles. The number of aliphatic imine (C=N–C) groups is 1. The maximum absolute atomic E-state index is 11.1. The first kappa shape index (κ1) is 25.7. The minimum atomic E-state index is -0.131. The summed E-state index contributed by atoms with van der Waals surface area (Å²) >= 11 is 0. The van der Waals surface area contributed by atoms with Crippen molar-refractivity contribution < 1.29 is 9.53 Å². The highest BCUT2D eigenvalue weighted by molar-refractivity contribution is 14.0. The molecule has 0 spiro atoms. The number of rotatable bonds is 10. The summed E-state index contributed by atoms with van der Waals surface area (Å²) in [7, 11) is 1.44. The standard InChI is InChI=1S/C22H36N4O2.HI/c1-4-23-22(24-14-10-6-9-13-21(27)28-3)25-20-15-18(2)26(17-20)16-19-11-7-5-8-12-19;/h5,7-8,11-12,18,20H,4,6,9-10,13-17H2,1-3H3,(H2,23,24,25);1H. The Balaban J connectivity index is 0.00000420. The zero-order valence-electron chi connectivity index (χ0n) is 18.0. The fourth-order valence-corrected chi connectivity index (χ4v) is 3.61. The Bertz CT molecular complexity index is 612. The van der Waals surface area contributed by atoms with Gasteiger partial charge in [0.05, 0.1) is 7.11 Å². The summed E-state index contributed by atoms with van der Waals surface area (Å²) in [5, 5.41) is 6.96. The van der Waals surface area contributed by atoms with Crippen molar-refractivity contribution in [1.82, 2.24) is 15.5 Å². The molecule has 2 atom stereocenters. The number of unbranched alkanes of at least 4 members (excludes halogenated alkanes) is 2. The Morgan fingerprint density at radius 3 is 2.69 bits per heavy atom. The molecule has 1 aromatic rings. The van der Waals surface area contributed by atoms with Gasteiger partial charge in [0.1, 0.15) is 0 Å². The van der Waals surface area contributed by atoms with Crippen molar-refractivity contribution in [2.45, 2.75) is 64.6 Å². The van der Waals surface area contributed by atoms with Gasteiger partial charge in [-0.25, -0.2) is 0 Å². The van der Waals surface area contributed by atoms with Crippen molar-refractivity contribution in [3.8, 4) is 0 Å². The first-order valence-electron chi connectivity index (χ1n) is 10.5. The zero-order chi connectivity index (χ0) is 20.2. The van der Waals surface area contributed by atoms with Crippen molar-refractivity contribution in [3.05, 3.63) is 35.9 Å². The third-order valence-corrected chi connectivity index (χ3v) is 5.15. The van der Waals surface area contributed by atoms with Crippen molar-refractivity contribution >= 4 is 35.9 Å². The second kappa shape index (κ2) is 14.6. The molecule has 2 unspecified atom stereocenters.